The van der Waals surface area contributed by atoms with Crippen molar-refractivity contribution in [1.82, 2.24) is 9.80 Å². The van der Waals surface area contributed by atoms with Gasteiger partial charge in [0.15, 0.2) is 0 Å². The second kappa shape index (κ2) is 5.42. The van der Waals surface area contributed by atoms with Crippen LogP contribution in [0.2, 0.25) is 0 Å². The van der Waals surface area contributed by atoms with Gasteiger partial charge in [-0.25, -0.2) is 8.78 Å². The number of hydrogen-bond donors (Lipinski definition) is 0. The van der Waals surface area contributed by atoms with E-state index in [9.17, 15) is 8.78 Å². The van der Waals surface area contributed by atoms with E-state index in [2.05, 4.69) is 32.8 Å². The van der Waals surface area contributed by atoms with Crippen LogP contribution < -0.4 is 0 Å². The van der Waals surface area contributed by atoms with Crippen LogP contribution in [0.1, 0.15) is 5.56 Å². The molecule has 1 aromatic carbocycles. The van der Waals surface area contributed by atoms with Crippen LogP contribution in [0.25, 0.3) is 0 Å². The van der Waals surface area contributed by atoms with E-state index in [0.717, 1.165) is 32.2 Å². The number of hydrogen-bond acceptors (Lipinski definition) is 2. The van der Waals surface area contributed by atoms with Gasteiger partial charge in [0.2, 0.25) is 0 Å². The maximum atomic E-state index is 13.6. The Balaban J connectivity index is 2.11. The normalized spacial score (nSPS) is 18.6. The van der Waals surface area contributed by atoms with Gasteiger partial charge in [-0.15, -0.1) is 0 Å². The number of piperazine rings is 1. The van der Waals surface area contributed by atoms with Gasteiger partial charge in [0.1, 0.15) is 11.6 Å². The second-order valence-corrected chi connectivity index (χ2v) is 5.19. The molecule has 1 heterocycles. The van der Waals surface area contributed by atoms with Crippen LogP contribution in [-0.2, 0) is 6.54 Å². The molecule has 0 spiro atoms. The van der Waals surface area contributed by atoms with Gasteiger partial charge < -0.3 is 4.90 Å². The third-order valence-electron chi connectivity index (χ3n) is 3.12. The summed E-state index contributed by atoms with van der Waals surface area (Å²) in [4.78, 5) is 4.37. The van der Waals surface area contributed by atoms with Crippen molar-refractivity contribution in [2.75, 3.05) is 33.2 Å². The van der Waals surface area contributed by atoms with E-state index in [1.54, 1.807) is 0 Å². The molecule has 0 amide bonds. The summed E-state index contributed by atoms with van der Waals surface area (Å²) in [5, 5.41) is 0. The van der Waals surface area contributed by atoms with Crippen LogP contribution in [0.5, 0.6) is 0 Å². The Bertz CT molecular complexity index is 404. The van der Waals surface area contributed by atoms with E-state index in [1.807, 2.05) is 0 Å². The molecular formula is C12H15BrF2N2. The Hall–Kier alpha value is -0.520. The van der Waals surface area contributed by atoms with Crippen LogP contribution >= 0.6 is 15.9 Å². The minimum atomic E-state index is -0.407. The molecule has 5 heteroatoms. The molecule has 0 unspecified atom stereocenters. The molecular weight excluding hydrogens is 290 g/mol. The number of rotatable bonds is 2. The Morgan fingerprint density at radius 1 is 1.12 bits per heavy atom. The highest BCUT2D eigenvalue weighted by atomic mass is 79.9. The lowest BCUT2D eigenvalue weighted by atomic mass is 10.2. The Morgan fingerprint density at radius 3 is 2.35 bits per heavy atom. The smallest absolute Gasteiger partial charge is 0.137 e. The second-order valence-electron chi connectivity index (χ2n) is 4.40. The average molecular weight is 305 g/mol. The molecule has 1 aromatic rings. The molecule has 1 aliphatic rings. The highest BCUT2D eigenvalue weighted by molar-refractivity contribution is 9.10. The maximum Gasteiger partial charge on any atom is 0.137 e. The standard InChI is InChI=1S/C12H15BrF2N2/c1-16-4-6-17(7-5-16)8-9-10(14)2-3-11(15)12(9)13/h2-3H,4-8H2,1H3. The zero-order valence-corrected chi connectivity index (χ0v) is 11.3. The molecule has 94 valence electrons. The summed E-state index contributed by atoms with van der Waals surface area (Å²) < 4.78 is 27.2. The van der Waals surface area contributed by atoms with Gasteiger partial charge >= 0.3 is 0 Å². The molecule has 1 saturated heterocycles. The highest BCUT2D eigenvalue weighted by Gasteiger charge is 2.18. The third kappa shape index (κ3) is 3.03. The summed E-state index contributed by atoms with van der Waals surface area (Å²) in [7, 11) is 2.07. The van der Waals surface area contributed by atoms with E-state index in [-0.39, 0.29) is 10.3 Å². The lowest BCUT2D eigenvalue weighted by Gasteiger charge is -2.32. The first-order chi connectivity index (χ1) is 8.08. The minimum absolute atomic E-state index is 0.247. The largest absolute Gasteiger partial charge is 0.304 e. The summed E-state index contributed by atoms with van der Waals surface area (Å²) in [5.74, 6) is -0.757. The highest BCUT2D eigenvalue weighted by Crippen LogP contribution is 2.25. The van der Waals surface area contributed by atoms with E-state index < -0.39 is 5.82 Å². The van der Waals surface area contributed by atoms with Crippen LogP contribution in [0.4, 0.5) is 8.78 Å². The summed E-state index contributed by atoms with van der Waals surface area (Å²) in [6.45, 7) is 4.17. The van der Waals surface area contributed by atoms with Crippen molar-refractivity contribution in [3.8, 4) is 0 Å². The van der Waals surface area contributed by atoms with Crippen LogP contribution in [-0.4, -0.2) is 43.0 Å². The molecule has 0 aliphatic carbocycles. The molecule has 2 rings (SSSR count). The first-order valence-corrected chi connectivity index (χ1v) is 6.40. The van der Waals surface area contributed by atoms with E-state index in [4.69, 9.17) is 0 Å². The summed E-state index contributed by atoms with van der Waals surface area (Å²) in [6, 6.07) is 2.33. The van der Waals surface area contributed by atoms with Crippen molar-refractivity contribution in [2.24, 2.45) is 0 Å². The van der Waals surface area contributed by atoms with E-state index >= 15 is 0 Å². The molecule has 0 radical (unpaired) electrons. The monoisotopic (exact) mass is 304 g/mol. The molecule has 2 nitrogen and oxygen atoms in total. The van der Waals surface area contributed by atoms with Gasteiger partial charge in [-0.3, -0.25) is 4.90 Å². The molecule has 0 saturated carbocycles. The maximum absolute atomic E-state index is 13.6. The van der Waals surface area contributed by atoms with Gasteiger partial charge in [-0.1, -0.05) is 0 Å². The van der Waals surface area contributed by atoms with Crippen molar-refractivity contribution in [1.29, 1.82) is 0 Å². The van der Waals surface area contributed by atoms with Gasteiger partial charge in [0.05, 0.1) is 4.47 Å². The molecule has 17 heavy (non-hydrogen) atoms. The van der Waals surface area contributed by atoms with Crippen molar-refractivity contribution in [3.63, 3.8) is 0 Å². The fraction of sp³-hybridized carbons (Fsp3) is 0.500. The number of halogens is 3. The lowest BCUT2D eigenvalue weighted by molar-refractivity contribution is 0.146. The first-order valence-electron chi connectivity index (χ1n) is 5.61. The minimum Gasteiger partial charge on any atom is -0.304 e. The lowest BCUT2D eigenvalue weighted by Crippen LogP contribution is -2.44. The predicted octanol–water partition coefficient (Wildman–Crippen LogP) is 2.47. The first kappa shape index (κ1) is 12.9. The molecule has 0 atom stereocenters. The number of likely N-dealkylation sites (N-methyl/N-ethyl adjacent to an activating group) is 1. The molecule has 0 bridgehead atoms. The fourth-order valence-corrected chi connectivity index (χ4v) is 2.39. The SMILES string of the molecule is CN1CCN(Cc2c(F)ccc(F)c2Br)CC1. The molecule has 1 fully saturated rings. The zero-order chi connectivity index (χ0) is 12.4. The predicted molar refractivity (Wildman–Crippen MR) is 66.8 cm³/mol. The van der Waals surface area contributed by atoms with E-state index in [1.165, 1.54) is 6.07 Å². The van der Waals surface area contributed by atoms with Crippen molar-refractivity contribution in [3.05, 3.63) is 33.8 Å². The fourth-order valence-electron chi connectivity index (χ4n) is 1.94. The zero-order valence-electron chi connectivity index (χ0n) is 9.72. The van der Waals surface area contributed by atoms with Crippen molar-refractivity contribution in [2.45, 2.75) is 6.54 Å². The Morgan fingerprint density at radius 2 is 1.71 bits per heavy atom. The van der Waals surface area contributed by atoms with Gasteiger partial charge in [0, 0.05) is 38.3 Å². The molecule has 1 aliphatic heterocycles. The summed E-state index contributed by atoms with van der Waals surface area (Å²) >= 11 is 3.12. The number of benzene rings is 1. The van der Waals surface area contributed by atoms with Crippen molar-refractivity contribution >= 4 is 15.9 Å². The summed E-state index contributed by atoms with van der Waals surface area (Å²) in [6.07, 6.45) is 0. The number of nitrogens with zero attached hydrogens (tertiary/aromatic N) is 2. The molecule has 0 aromatic heterocycles. The van der Waals surface area contributed by atoms with Gasteiger partial charge in [-0.2, -0.15) is 0 Å². The topological polar surface area (TPSA) is 6.48 Å². The quantitative estimate of drug-likeness (QED) is 0.775. The van der Waals surface area contributed by atoms with Crippen LogP contribution in [0.15, 0.2) is 16.6 Å². The molecule has 0 N–H and O–H groups in total. The Kier molecular flexibility index (Phi) is 4.12. The van der Waals surface area contributed by atoms with Gasteiger partial charge in [0.25, 0.3) is 0 Å². The third-order valence-corrected chi connectivity index (χ3v) is 3.97. The van der Waals surface area contributed by atoms with Gasteiger partial charge in [-0.05, 0) is 35.1 Å². The average Bonchev–Trinajstić information content (AvgIpc) is 2.32. The van der Waals surface area contributed by atoms with Crippen molar-refractivity contribution < 1.29 is 8.78 Å². The summed E-state index contributed by atoms with van der Waals surface area (Å²) in [5.41, 5.74) is 0.412. The Labute approximate surface area is 108 Å². The van der Waals surface area contributed by atoms with Crippen LogP contribution in [0.3, 0.4) is 0 Å². The van der Waals surface area contributed by atoms with E-state index in [0.29, 0.717) is 12.1 Å². The van der Waals surface area contributed by atoms with Crippen LogP contribution in [0, 0.1) is 11.6 Å².